The molecule has 0 bridgehead atoms. The van der Waals surface area contributed by atoms with Gasteiger partial charge >= 0.3 is 6.18 Å². The summed E-state index contributed by atoms with van der Waals surface area (Å²) in [5, 5.41) is 7.83. The highest BCUT2D eigenvalue weighted by Gasteiger charge is 2.33. The second kappa shape index (κ2) is 7.18. The number of pyridine rings is 1. The summed E-state index contributed by atoms with van der Waals surface area (Å²) in [6.45, 7) is 1.85. The Kier molecular flexibility index (Phi) is 4.82. The summed E-state index contributed by atoms with van der Waals surface area (Å²) in [5.41, 5.74) is 2.16. The SMILES string of the molecule is Cc1cc(Cl)cc(C(=O)N[C@@H]2CCc3nn(-c4ccnc(C(F)(F)F)c4)cc32)c1. The smallest absolute Gasteiger partial charge is 0.345 e. The van der Waals surface area contributed by atoms with Crippen molar-refractivity contribution < 1.29 is 18.0 Å². The van der Waals surface area contributed by atoms with Crippen molar-refractivity contribution in [1.29, 1.82) is 0 Å². The fraction of sp³-hybridized carbons (Fsp3) is 0.250. The molecular formula is C20H16ClF3N4O. The van der Waals surface area contributed by atoms with E-state index in [1.807, 2.05) is 6.92 Å². The van der Waals surface area contributed by atoms with Crippen LogP contribution in [0.5, 0.6) is 0 Å². The highest BCUT2D eigenvalue weighted by atomic mass is 35.5. The molecule has 0 unspecified atom stereocenters. The van der Waals surface area contributed by atoms with Crippen LogP contribution in [-0.2, 0) is 12.6 Å². The van der Waals surface area contributed by atoms with Crippen molar-refractivity contribution >= 4 is 17.5 Å². The zero-order valence-corrected chi connectivity index (χ0v) is 16.1. The zero-order chi connectivity index (χ0) is 20.8. The number of aryl methyl sites for hydroxylation is 2. The van der Waals surface area contributed by atoms with Crippen LogP contribution >= 0.6 is 11.6 Å². The molecule has 0 fully saturated rings. The normalized spacial score (nSPS) is 16.0. The maximum absolute atomic E-state index is 12.9. The number of rotatable bonds is 3. The molecule has 2 heterocycles. The molecule has 9 heteroatoms. The summed E-state index contributed by atoms with van der Waals surface area (Å²) in [6.07, 6.45) is -0.470. The number of alkyl halides is 3. The third-order valence-corrected chi connectivity index (χ3v) is 4.99. The van der Waals surface area contributed by atoms with Crippen LogP contribution in [-0.4, -0.2) is 20.7 Å². The molecule has 29 heavy (non-hydrogen) atoms. The van der Waals surface area contributed by atoms with E-state index in [0.29, 0.717) is 23.4 Å². The molecule has 0 radical (unpaired) electrons. The standard InChI is InChI=1S/C20H16ClF3N4O/c1-11-6-12(8-13(21)7-11)19(29)26-16-2-3-17-15(16)10-28(27-17)14-4-5-25-18(9-14)20(22,23)24/h4-10,16H,2-3H2,1H3,(H,26,29)/t16-/m1/s1. The minimum Gasteiger partial charge on any atom is -0.345 e. The molecule has 0 spiro atoms. The second-order valence-electron chi connectivity index (χ2n) is 6.95. The van der Waals surface area contributed by atoms with Crippen molar-refractivity contribution in [3.63, 3.8) is 0 Å². The lowest BCUT2D eigenvalue weighted by atomic mass is 10.1. The number of nitrogens with one attached hydrogen (secondary N) is 1. The van der Waals surface area contributed by atoms with Crippen LogP contribution in [0, 0.1) is 6.92 Å². The van der Waals surface area contributed by atoms with Gasteiger partial charge in [0.05, 0.1) is 17.4 Å². The van der Waals surface area contributed by atoms with Crippen LogP contribution in [0.3, 0.4) is 0 Å². The summed E-state index contributed by atoms with van der Waals surface area (Å²) in [7, 11) is 0. The average molecular weight is 421 g/mol. The van der Waals surface area contributed by atoms with Crippen LogP contribution in [0.1, 0.15) is 45.3 Å². The molecule has 1 aromatic carbocycles. The summed E-state index contributed by atoms with van der Waals surface area (Å²) >= 11 is 6.03. The van der Waals surface area contributed by atoms with Crippen molar-refractivity contribution in [3.05, 3.63) is 75.8 Å². The third kappa shape index (κ3) is 3.98. The molecule has 0 aliphatic heterocycles. The maximum atomic E-state index is 12.9. The Balaban J connectivity index is 1.57. The van der Waals surface area contributed by atoms with Gasteiger partial charge in [-0.05, 0) is 55.7 Å². The number of carbonyl (C=O) groups is 1. The maximum Gasteiger partial charge on any atom is 0.433 e. The number of aromatic nitrogens is 3. The van der Waals surface area contributed by atoms with E-state index in [4.69, 9.17) is 11.6 Å². The second-order valence-corrected chi connectivity index (χ2v) is 7.39. The number of hydrogen-bond donors (Lipinski definition) is 1. The summed E-state index contributed by atoms with van der Waals surface area (Å²) in [6, 6.07) is 7.24. The van der Waals surface area contributed by atoms with Gasteiger partial charge in [-0.25, -0.2) is 4.68 Å². The minimum absolute atomic E-state index is 0.260. The summed E-state index contributed by atoms with van der Waals surface area (Å²) in [4.78, 5) is 16.0. The van der Waals surface area contributed by atoms with Gasteiger partial charge in [0.25, 0.3) is 5.91 Å². The van der Waals surface area contributed by atoms with Crippen LogP contribution in [0.4, 0.5) is 13.2 Å². The average Bonchev–Trinajstić information content (AvgIpc) is 3.22. The predicted molar refractivity (Wildman–Crippen MR) is 101 cm³/mol. The molecule has 2 aromatic heterocycles. The van der Waals surface area contributed by atoms with Crippen LogP contribution in [0.2, 0.25) is 5.02 Å². The number of hydrogen-bond acceptors (Lipinski definition) is 3. The Labute approximate surface area is 169 Å². The minimum atomic E-state index is -4.53. The van der Waals surface area contributed by atoms with Gasteiger partial charge < -0.3 is 5.32 Å². The van der Waals surface area contributed by atoms with Crippen molar-refractivity contribution in [2.75, 3.05) is 0 Å². The van der Waals surface area contributed by atoms with Gasteiger partial charge in [-0.2, -0.15) is 18.3 Å². The van der Waals surface area contributed by atoms with Crippen molar-refractivity contribution in [2.45, 2.75) is 32.0 Å². The Morgan fingerprint density at radius 1 is 1.28 bits per heavy atom. The number of benzene rings is 1. The molecule has 0 saturated heterocycles. The first-order valence-corrected chi connectivity index (χ1v) is 9.28. The molecule has 1 aliphatic rings. The molecule has 1 N–H and O–H groups in total. The zero-order valence-electron chi connectivity index (χ0n) is 15.3. The first-order valence-electron chi connectivity index (χ1n) is 8.91. The van der Waals surface area contributed by atoms with E-state index in [1.54, 1.807) is 24.4 Å². The van der Waals surface area contributed by atoms with E-state index in [1.165, 1.54) is 10.7 Å². The topological polar surface area (TPSA) is 59.8 Å². The predicted octanol–water partition coefficient (Wildman–Crippen LogP) is 4.67. The third-order valence-electron chi connectivity index (χ3n) is 4.78. The lowest BCUT2D eigenvalue weighted by molar-refractivity contribution is -0.141. The van der Waals surface area contributed by atoms with Gasteiger partial charge in [0, 0.05) is 28.5 Å². The van der Waals surface area contributed by atoms with Crippen LogP contribution in [0.25, 0.3) is 5.69 Å². The Morgan fingerprint density at radius 2 is 2.07 bits per heavy atom. The van der Waals surface area contributed by atoms with Gasteiger partial charge in [-0.3, -0.25) is 9.78 Å². The van der Waals surface area contributed by atoms with Crippen molar-refractivity contribution in [1.82, 2.24) is 20.1 Å². The van der Waals surface area contributed by atoms with Gasteiger partial charge in [-0.1, -0.05) is 11.6 Å². The lowest BCUT2D eigenvalue weighted by Crippen LogP contribution is -2.27. The van der Waals surface area contributed by atoms with E-state index in [2.05, 4.69) is 15.4 Å². The molecule has 1 amide bonds. The molecule has 1 atom stereocenters. The first kappa shape index (κ1) is 19.4. The highest BCUT2D eigenvalue weighted by molar-refractivity contribution is 6.31. The van der Waals surface area contributed by atoms with E-state index >= 15 is 0 Å². The quantitative estimate of drug-likeness (QED) is 0.670. The number of nitrogens with zero attached hydrogens (tertiary/aromatic N) is 3. The largest absolute Gasteiger partial charge is 0.433 e. The van der Waals surface area contributed by atoms with E-state index in [0.717, 1.165) is 29.1 Å². The molecular weight excluding hydrogens is 405 g/mol. The van der Waals surface area contributed by atoms with Gasteiger partial charge in [0.15, 0.2) is 0 Å². The Morgan fingerprint density at radius 3 is 2.79 bits per heavy atom. The molecule has 1 aliphatic carbocycles. The Hall–Kier alpha value is -2.87. The number of halogens is 4. The molecule has 3 aromatic rings. The fourth-order valence-electron chi connectivity index (χ4n) is 3.45. The number of amides is 1. The van der Waals surface area contributed by atoms with Crippen LogP contribution < -0.4 is 5.32 Å². The van der Waals surface area contributed by atoms with Gasteiger partial charge in [0.1, 0.15) is 5.69 Å². The monoisotopic (exact) mass is 420 g/mol. The summed E-state index contributed by atoms with van der Waals surface area (Å²) < 4.78 is 40.2. The lowest BCUT2D eigenvalue weighted by Gasteiger charge is -2.13. The molecule has 0 saturated carbocycles. The fourth-order valence-corrected chi connectivity index (χ4v) is 3.74. The van der Waals surface area contributed by atoms with E-state index in [-0.39, 0.29) is 17.6 Å². The Bertz CT molecular complexity index is 1070. The van der Waals surface area contributed by atoms with Crippen molar-refractivity contribution in [2.24, 2.45) is 0 Å². The number of fused-ring (bicyclic) bond motifs is 1. The van der Waals surface area contributed by atoms with Crippen molar-refractivity contribution in [3.8, 4) is 5.69 Å². The highest BCUT2D eigenvalue weighted by Crippen LogP contribution is 2.33. The summed E-state index contributed by atoms with van der Waals surface area (Å²) in [5.74, 6) is -0.260. The van der Waals surface area contributed by atoms with E-state index < -0.39 is 11.9 Å². The first-order chi connectivity index (χ1) is 13.7. The van der Waals surface area contributed by atoms with Crippen LogP contribution in [0.15, 0.2) is 42.7 Å². The molecule has 5 nitrogen and oxygen atoms in total. The van der Waals surface area contributed by atoms with Gasteiger partial charge in [0.2, 0.25) is 0 Å². The molecule has 150 valence electrons. The van der Waals surface area contributed by atoms with E-state index in [9.17, 15) is 18.0 Å². The van der Waals surface area contributed by atoms with Gasteiger partial charge in [-0.15, -0.1) is 0 Å². The molecule has 4 rings (SSSR count). The number of carbonyl (C=O) groups excluding carboxylic acids is 1.